The Morgan fingerprint density at radius 1 is 1.08 bits per heavy atom. The molecule has 1 amide bonds. The highest BCUT2D eigenvalue weighted by molar-refractivity contribution is 8.00. The number of nitrogens with zero attached hydrogens (tertiary/aromatic N) is 2. The number of carbonyl (C=O) groups excluding carboxylic acids is 1. The van der Waals surface area contributed by atoms with Gasteiger partial charge in [-0.05, 0) is 36.6 Å². The minimum Gasteiger partial charge on any atom is -0.326 e. The Hall–Kier alpha value is -1.96. The predicted molar refractivity (Wildman–Crippen MR) is 108 cm³/mol. The second kappa shape index (κ2) is 7.11. The highest BCUT2D eigenvalue weighted by atomic mass is 32.2. The number of hydrogen-bond acceptors (Lipinski definition) is 6. The number of aryl methyl sites for hydroxylation is 1. The van der Waals surface area contributed by atoms with Gasteiger partial charge in [-0.1, -0.05) is 23.9 Å². The molecule has 0 aliphatic carbocycles. The summed E-state index contributed by atoms with van der Waals surface area (Å²) in [6, 6.07) is 13.9. The van der Waals surface area contributed by atoms with E-state index in [0.717, 1.165) is 35.5 Å². The van der Waals surface area contributed by atoms with E-state index >= 15 is 0 Å². The van der Waals surface area contributed by atoms with Crippen molar-refractivity contribution in [3.05, 3.63) is 47.5 Å². The van der Waals surface area contributed by atoms with Crippen LogP contribution in [0.3, 0.4) is 0 Å². The molecule has 0 fully saturated rings. The van der Waals surface area contributed by atoms with Crippen molar-refractivity contribution in [2.24, 2.45) is 0 Å². The molecule has 0 bridgehead atoms. The van der Waals surface area contributed by atoms with Crippen LogP contribution in [0.4, 0.5) is 5.69 Å². The van der Waals surface area contributed by atoms with Crippen LogP contribution in [0.2, 0.25) is 0 Å². The van der Waals surface area contributed by atoms with E-state index in [9.17, 15) is 4.79 Å². The summed E-state index contributed by atoms with van der Waals surface area (Å²) in [7, 11) is 0. The summed E-state index contributed by atoms with van der Waals surface area (Å²) in [5, 5.41) is 3.97. The molecule has 0 saturated carbocycles. The molecule has 7 heteroatoms. The zero-order valence-corrected chi connectivity index (χ0v) is 15.9. The van der Waals surface area contributed by atoms with E-state index < -0.39 is 0 Å². The van der Waals surface area contributed by atoms with E-state index in [1.54, 1.807) is 34.4 Å². The molecule has 1 N–H and O–H groups in total. The van der Waals surface area contributed by atoms with Crippen molar-refractivity contribution in [2.75, 3.05) is 11.6 Å². The minimum atomic E-state index is 0.00760. The first-order valence-corrected chi connectivity index (χ1v) is 10.7. The topological polar surface area (TPSA) is 54.9 Å². The van der Waals surface area contributed by atoms with Gasteiger partial charge < -0.3 is 5.32 Å². The molecule has 2 aromatic carbocycles. The lowest BCUT2D eigenvalue weighted by Crippen LogP contribution is -2.12. The Bertz CT molecular complexity index is 1020. The van der Waals surface area contributed by atoms with Gasteiger partial charge in [-0.3, -0.25) is 4.79 Å². The second-order valence-electron chi connectivity index (χ2n) is 5.49. The lowest BCUT2D eigenvalue weighted by atomic mass is 10.2. The second-order valence-corrected chi connectivity index (χ2v) is 8.69. The standard InChI is InChI=1S/C18H15N3OS3/c1-23-18-21-13-7-6-11(10-15(13)25-18)19-16(22)8-9-17-20-12-4-2-3-5-14(12)24-17/h2-7,10H,8-9H2,1H3,(H,19,22). The minimum absolute atomic E-state index is 0.00760. The molecule has 0 saturated heterocycles. The highest BCUT2D eigenvalue weighted by Crippen LogP contribution is 2.30. The molecule has 2 heterocycles. The fraction of sp³-hybridized carbons (Fsp3) is 0.167. The summed E-state index contributed by atoms with van der Waals surface area (Å²) >= 11 is 4.93. The third-order valence-electron chi connectivity index (χ3n) is 3.73. The Kier molecular flexibility index (Phi) is 4.70. The zero-order valence-electron chi connectivity index (χ0n) is 13.5. The maximum absolute atomic E-state index is 12.2. The Morgan fingerprint density at radius 2 is 1.92 bits per heavy atom. The lowest BCUT2D eigenvalue weighted by Gasteiger charge is -2.04. The van der Waals surface area contributed by atoms with E-state index in [2.05, 4.69) is 21.4 Å². The summed E-state index contributed by atoms with van der Waals surface area (Å²) < 4.78 is 3.29. The van der Waals surface area contributed by atoms with Gasteiger partial charge in [-0.15, -0.1) is 22.7 Å². The fourth-order valence-corrected chi connectivity index (χ4v) is 5.03. The number of para-hydroxylation sites is 1. The number of benzene rings is 2. The normalized spacial score (nSPS) is 11.2. The van der Waals surface area contributed by atoms with Crippen molar-refractivity contribution >= 4 is 66.5 Å². The molecule has 0 atom stereocenters. The Morgan fingerprint density at radius 3 is 2.76 bits per heavy atom. The van der Waals surface area contributed by atoms with Gasteiger partial charge in [0.05, 0.1) is 25.4 Å². The Balaban J connectivity index is 1.41. The van der Waals surface area contributed by atoms with Gasteiger partial charge in [0, 0.05) is 18.5 Å². The average Bonchev–Trinajstić information content (AvgIpc) is 3.22. The summed E-state index contributed by atoms with van der Waals surface area (Å²) in [5.74, 6) is 0.00760. The van der Waals surface area contributed by atoms with Crippen LogP contribution in [0.25, 0.3) is 20.4 Å². The molecule has 0 aliphatic heterocycles. The lowest BCUT2D eigenvalue weighted by molar-refractivity contribution is -0.116. The number of nitrogens with one attached hydrogen (secondary N) is 1. The maximum atomic E-state index is 12.2. The summed E-state index contributed by atoms with van der Waals surface area (Å²) in [5.41, 5.74) is 2.79. The van der Waals surface area contributed by atoms with Crippen molar-refractivity contribution in [1.29, 1.82) is 0 Å². The predicted octanol–water partition coefficient (Wildman–Crippen LogP) is 5.20. The smallest absolute Gasteiger partial charge is 0.224 e. The first-order chi connectivity index (χ1) is 12.2. The van der Waals surface area contributed by atoms with E-state index in [1.165, 1.54) is 0 Å². The van der Waals surface area contributed by atoms with Gasteiger partial charge in [0.25, 0.3) is 0 Å². The number of amides is 1. The van der Waals surface area contributed by atoms with E-state index in [1.807, 2.05) is 42.7 Å². The number of hydrogen-bond donors (Lipinski definition) is 1. The van der Waals surface area contributed by atoms with Crippen LogP contribution >= 0.6 is 34.4 Å². The number of anilines is 1. The maximum Gasteiger partial charge on any atom is 0.224 e. The number of carbonyl (C=O) groups is 1. The SMILES string of the molecule is CSc1nc2ccc(NC(=O)CCc3nc4ccccc4s3)cc2s1. The third kappa shape index (κ3) is 3.68. The van der Waals surface area contributed by atoms with Crippen molar-refractivity contribution in [2.45, 2.75) is 17.2 Å². The summed E-state index contributed by atoms with van der Waals surface area (Å²) in [6.07, 6.45) is 3.10. The summed E-state index contributed by atoms with van der Waals surface area (Å²) in [6.45, 7) is 0. The van der Waals surface area contributed by atoms with Crippen LogP contribution in [0.15, 0.2) is 46.8 Å². The van der Waals surface area contributed by atoms with Crippen molar-refractivity contribution in [1.82, 2.24) is 9.97 Å². The Labute approximate surface area is 157 Å². The molecule has 2 aromatic heterocycles. The van der Waals surface area contributed by atoms with Gasteiger partial charge in [0.1, 0.15) is 0 Å². The number of aromatic nitrogens is 2. The first-order valence-electron chi connectivity index (χ1n) is 7.80. The summed E-state index contributed by atoms with van der Waals surface area (Å²) in [4.78, 5) is 21.3. The van der Waals surface area contributed by atoms with Gasteiger partial charge in [-0.25, -0.2) is 9.97 Å². The van der Waals surface area contributed by atoms with Crippen LogP contribution in [-0.2, 0) is 11.2 Å². The van der Waals surface area contributed by atoms with Crippen LogP contribution in [0.1, 0.15) is 11.4 Å². The van der Waals surface area contributed by atoms with Crippen LogP contribution < -0.4 is 5.32 Å². The quantitative estimate of drug-likeness (QED) is 0.480. The molecule has 0 radical (unpaired) electrons. The molecule has 25 heavy (non-hydrogen) atoms. The van der Waals surface area contributed by atoms with Crippen LogP contribution in [0.5, 0.6) is 0 Å². The van der Waals surface area contributed by atoms with Crippen LogP contribution in [0, 0.1) is 0 Å². The van der Waals surface area contributed by atoms with Gasteiger partial charge in [-0.2, -0.15) is 0 Å². The molecule has 0 unspecified atom stereocenters. The first kappa shape index (κ1) is 16.5. The number of thiazole rings is 2. The molecule has 4 nitrogen and oxygen atoms in total. The van der Waals surface area contributed by atoms with E-state index in [-0.39, 0.29) is 5.91 Å². The molecule has 0 spiro atoms. The van der Waals surface area contributed by atoms with Crippen molar-refractivity contribution in [3.63, 3.8) is 0 Å². The average molecular weight is 386 g/mol. The van der Waals surface area contributed by atoms with Gasteiger partial charge in [0.2, 0.25) is 5.91 Å². The molecular weight excluding hydrogens is 370 g/mol. The molecule has 126 valence electrons. The van der Waals surface area contributed by atoms with Gasteiger partial charge >= 0.3 is 0 Å². The van der Waals surface area contributed by atoms with E-state index in [4.69, 9.17) is 0 Å². The monoisotopic (exact) mass is 385 g/mol. The van der Waals surface area contributed by atoms with Crippen molar-refractivity contribution < 1.29 is 4.79 Å². The third-order valence-corrected chi connectivity index (χ3v) is 6.83. The molecule has 0 aliphatic rings. The molecule has 4 aromatic rings. The number of fused-ring (bicyclic) bond motifs is 2. The zero-order chi connectivity index (χ0) is 17.2. The van der Waals surface area contributed by atoms with Crippen LogP contribution in [-0.4, -0.2) is 22.1 Å². The number of rotatable bonds is 5. The fourth-order valence-electron chi connectivity index (χ4n) is 2.54. The largest absolute Gasteiger partial charge is 0.326 e. The van der Waals surface area contributed by atoms with Crippen molar-refractivity contribution in [3.8, 4) is 0 Å². The van der Waals surface area contributed by atoms with Gasteiger partial charge in [0.15, 0.2) is 4.34 Å². The highest BCUT2D eigenvalue weighted by Gasteiger charge is 2.09. The van der Waals surface area contributed by atoms with E-state index in [0.29, 0.717) is 12.8 Å². The molecule has 4 rings (SSSR count). The molecular formula is C18H15N3OS3. The number of thioether (sulfide) groups is 1.